The molecule has 3 aromatic rings. The van der Waals surface area contributed by atoms with Gasteiger partial charge in [0, 0.05) is 30.5 Å². The van der Waals surface area contributed by atoms with Gasteiger partial charge in [0.2, 0.25) is 0 Å². The smallest absolute Gasteiger partial charge is 0.254 e. The Morgan fingerprint density at radius 3 is 2.45 bits per heavy atom. The van der Waals surface area contributed by atoms with Crippen molar-refractivity contribution in [1.82, 2.24) is 15.6 Å². The number of aromatic nitrogens is 1. The van der Waals surface area contributed by atoms with E-state index in [1.807, 2.05) is 6.07 Å². The molecule has 2 aromatic carbocycles. The fourth-order valence-corrected chi connectivity index (χ4v) is 3.86. The predicted molar refractivity (Wildman–Crippen MR) is 117 cm³/mol. The number of halogens is 1. The summed E-state index contributed by atoms with van der Waals surface area (Å²) in [5, 5.41) is 5.79. The SMILES string of the molecule is O=C(NC1CCCC1)c1cccc(CNC(=O)c2ccc(-c3ccncc3)cc2F)c1. The van der Waals surface area contributed by atoms with Crippen molar-refractivity contribution in [3.8, 4) is 11.1 Å². The number of nitrogens with one attached hydrogen (secondary N) is 2. The van der Waals surface area contributed by atoms with Crippen LogP contribution in [0.3, 0.4) is 0 Å². The largest absolute Gasteiger partial charge is 0.349 e. The highest BCUT2D eigenvalue weighted by Gasteiger charge is 2.18. The van der Waals surface area contributed by atoms with E-state index in [1.165, 1.54) is 12.1 Å². The summed E-state index contributed by atoms with van der Waals surface area (Å²) in [5.41, 5.74) is 2.83. The molecule has 6 heteroatoms. The molecule has 2 amide bonds. The molecule has 0 aliphatic heterocycles. The number of carbonyl (C=O) groups is 2. The molecule has 2 N–H and O–H groups in total. The van der Waals surface area contributed by atoms with E-state index in [0.29, 0.717) is 11.1 Å². The van der Waals surface area contributed by atoms with Crippen molar-refractivity contribution in [3.63, 3.8) is 0 Å². The number of hydrogen-bond acceptors (Lipinski definition) is 3. The Hall–Kier alpha value is -3.54. The van der Waals surface area contributed by atoms with Gasteiger partial charge in [-0.05, 0) is 65.9 Å². The van der Waals surface area contributed by atoms with E-state index in [2.05, 4.69) is 15.6 Å². The molecule has 0 atom stereocenters. The van der Waals surface area contributed by atoms with Crippen molar-refractivity contribution in [3.05, 3.63) is 89.5 Å². The van der Waals surface area contributed by atoms with E-state index in [4.69, 9.17) is 0 Å². The zero-order chi connectivity index (χ0) is 21.6. The van der Waals surface area contributed by atoms with Gasteiger partial charge in [-0.2, -0.15) is 0 Å². The third-order valence-corrected chi connectivity index (χ3v) is 5.56. The normalized spacial score (nSPS) is 13.7. The molecule has 0 spiro atoms. The summed E-state index contributed by atoms with van der Waals surface area (Å²) in [6.45, 7) is 0.203. The third kappa shape index (κ3) is 5.15. The summed E-state index contributed by atoms with van der Waals surface area (Å²) in [4.78, 5) is 28.9. The quantitative estimate of drug-likeness (QED) is 0.621. The van der Waals surface area contributed by atoms with Gasteiger partial charge in [-0.1, -0.05) is 31.0 Å². The molecule has 1 heterocycles. The molecule has 0 unspecified atom stereocenters. The van der Waals surface area contributed by atoms with Crippen molar-refractivity contribution < 1.29 is 14.0 Å². The van der Waals surface area contributed by atoms with Gasteiger partial charge in [-0.15, -0.1) is 0 Å². The van der Waals surface area contributed by atoms with E-state index >= 15 is 0 Å². The number of amides is 2. The summed E-state index contributed by atoms with van der Waals surface area (Å²) >= 11 is 0. The van der Waals surface area contributed by atoms with Gasteiger partial charge in [0.1, 0.15) is 5.82 Å². The predicted octanol–water partition coefficient (Wildman–Crippen LogP) is 4.49. The van der Waals surface area contributed by atoms with Crippen LogP contribution < -0.4 is 10.6 Å². The van der Waals surface area contributed by atoms with E-state index in [1.54, 1.807) is 48.8 Å². The average molecular weight is 417 g/mol. The molecular weight excluding hydrogens is 393 g/mol. The van der Waals surface area contributed by atoms with Crippen molar-refractivity contribution in [2.24, 2.45) is 0 Å². The second kappa shape index (κ2) is 9.51. The van der Waals surface area contributed by atoms with Gasteiger partial charge in [0.25, 0.3) is 11.8 Å². The highest BCUT2D eigenvalue weighted by Crippen LogP contribution is 2.21. The Balaban J connectivity index is 1.39. The lowest BCUT2D eigenvalue weighted by Crippen LogP contribution is -2.32. The maximum Gasteiger partial charge on any atom is 0.254 e. The van der Waals surface area contributed by atoms with Gasteiger partial charge < -0.3 is 10.6 Å². The molecule has 1 aliphatic carbocycles. The lowest BCUT2D eigenvalue weighted by molar-refractivity contribution is 0.0934. The molecule has 1 fully saturated rings. The standard InChI is InChI=1S/C25H24FN3O2/c26-23-15-19(18-10-12-27-13-11-18)8-9-22(23)25(31)28-16-17-4-3-5-20(14-17)24(30)29-21-6-1-2-7-21/h3-5,8-15,21H,1-2,6-7,16H2,(H,28,31)(H,29,30). The highest BCUT2D eigenvalue weighted by atomic mass is 19.1. The first-order valence-electron chi connectivity index (χ1n) is 10.5. The number of carbonyl (C=O) groups excluding carboxylic acids is 2. The summed E-state index contributed by atoms with van der Waals surface area (Å²) < 4.78 is 14.5. The van der Waals surface area contributed by atoms with Crippen molar-refractivity contribution >= 4 is 11.8 Å². The molecule has 1 aromatic heterocycles. The van der Waals surface area contributed by atoms with Crippen LogP contribution in [0, 0.1) is 5.82 Å². The first-order valence-corrected chi connectivity index (χ1v) is 10.5. The van der Waals surface area contributed by atoms with E-state index in [-0.39, 0.29) is 24.1 Å². The maximum atomic E-state index is 14.5. The Morgan fingerprint density at radius 1 is 0.935 bits per heavy atom. The molecule has 158 valence electrons. The molecule has 4 rings (SSSR count). The number of pyridine rings is 1. The Kier molecular flexibility index (Phi) is 6.36. The van der Waals surface area contributed by atoms with Crippen molar-refractivity contribution in [1.29, 1.82) is 0 Å². The lowest BCUT2D eigenvalue weighted by Gasteiger charge is -2.13. The van der Waals surface area contributed by atoms with Gasteiger partial charge >= 0.3 is 0 Å². The van der Waals surface area contributed by atoms with Crippen LogP contribution in [-0.4, -0.2) is 22.8 Å². The summed E-state index contributed by atoms with van der Waals surface area (Å²) in [5.74, 6) is -1.19. The van der Waals surface area contributed by atoms with Gasteiger partial charge in [0.15, 0.2) is 0 Å². The lowest BCUT2D eigenvalue weighted by atomic mass is 10.0. The first kappa shape index (κ1) is 20.7. The molecule has 1 saturated carbocycles. The van der Waals surface area contributed by atoms with E-state index in [0.717, 1.165) is 36.8 Å². The zero-order valence-corrected chi connectivity index (χ0v) is 17.1. The third-order valence-electron chi connectivity index (χ3n) is 5.56. The number of benzene rings is 2. The van der Waals surface area contributed by atoms with Gasteiger partial charge in [-0.3, -0.25) is 14.6 Å². The minimum absolute atomic E-state index is 0.0204. The Bertz CT molecular complexity index is 1080. The van der Waals surface area contributed by atoms with E-state index < -0.39 is 11.7 Å². The van der Waals surface area contributed by atoms with Crippen LogP contribution in [0.15, 0.2) is 67.0 Å². The van der Waals surface area contributed by atoms with Crippen molar-refractivity contribution in [2.45, 2.75) is 38.3 Å². The number of nitrogens with zero attached hydrogens (tertiary/aromatic N) is 1. The van der Waals surface area contributed by atoms with Crippen molar-refractivity contribution in [2.75, 3.05) is 0 Å². The second-order valence-corrected chi connectivity index (χ2v) is 7.77. The van der Waals surface area contributed by atoms with Crippen LogP contribution in [0.25, 0.3) is 11.1 Å². The topological polar surface area (TPSA) is 71.1 Å². The van der Waals surface area contributed by atoms with Crippen LogP contribution in [0.4, 0.5) is 4.39 Å². The summed E-state index contributed by atoms with van der Waals surface area (Å²) in [6, 6.07) is 15.5. The molecule has 0 saturated heterocycles. The minimum atomic E-state index is -0.587. The second-order valence-electron chi connectivity index (χ2n) is 7.77. The minimum Gasteiger partial charge on any atom is -0.349 e. The van der Waals surface area contributed by atoms with Crippen LogP contribution in [0.1, 0.15) is 52.0 Å². The molecular formula is C25H24FN3O2. The molecule has 0 radical (unpaired) electrons. The van der Waals surface area contributed by atoms with Crippen LogP contribution in [0.5, 0.6) is 0 Å². The molecule has 31 heavy (non-hydrogen) atoms. The highest BCUT2D eigenvalue weighted by molar-refractivity contribution is 5.95. The van der Waals surface area contributed by atoms with E-state index in [9.17, 15) is 14.0 Å². The van der Waals surface area contributed by atoms with Crippen LogP contribution in [-0.2, 0) is 6.54 Å². The summed E-state index contributed by atoms with van der Waals surface area (Å²) in [6.07, 6.45) is 7.61. The zero-order valence-electron chi connectivity index (χ0n) is 17.1. The fourth-order valence-electron chi connectivity index (χ4n) is 3.86. The Labute approximate surface area is 180 Å². The fraction of sp³-hybridized carbons (Fsp3) is 0.240. The van der Waals surface area contributed by atoms with Gasteiger partial charge in [0.05, 0.1) is 5.56 Å². The number of hydrogen-bond donors (Lipinski definition) is 2. The maximum absolute atomic E-state index is 14.5. The monoisotopic (exact) mass is 417 g/mol. The number of rotatable bonds is 6. The molecule has 0 bridgehead atoms. The van der Waals surface area contributed by atoms with Crippen LogP contribution >= 0.6 is 0 Å². The molecule has 1 aliphatic rings. The average Bonchev–Trinajstić information content (AvgIpc) is 3.31. The van der Waals surface area contributed by atoms with Crippen LogP contribution in [0.2, 0.25) is 0 Å². The molecule has 5 nitrogen and oxygen atoms in total. The Morgan fingerprint density at radius 2 is 1.71 bits per heavy atom. The summed E-state index contributed by atoms with van der Waals surface area (Å²) in [7, 11) is 0. The first-order chi connectivity index (χ1) is 15.1. The van der Waals surface area contributed by atoms with Gasteiger partial charge in [-0.25, -0.2) is 4.39 Å².